The number of nitrogens with zero attached hydrogens (tertiary/aromatic N) is 2. The quantitative estimate of drug-likeness (QED) is 0.926. The minimum Gasteiger partial charge on any atom is -0.490 e. The summed E-state index contributed by atoms with van der Waals surface area (Å²) in [5.41, 5.74) is 2.15. The minimum atomic E-state index is -0.634. The van der Waals surface area contributed by atoms with Gasteiger partial charge in [-0.2, -0.15) is 0 Å². The predicted molar refractivity (Wildman–Crippen MR) is 94.8 cm³/mol. The molecule has 0 radical (unpaired) electrons. The molecule has 1 saturated carbocycles. The summed E-state index contributed by atoms with van der Waals surface area (Å²) >= 11 is 0. The Balaban J connectivity index is 0.00000169. The molecule has 5 heteroatoms. The molecule has 0 spiro atoms. The van der Waals surface area contributed by atoms with Crippen LogP contribution in [0.4, 0.5) is 0 Å². The van der Waals surface area contributed by atoms with Crippen molar-refractivity contribution in [1.82, 2.24) is 4.90 Å². The van der Waals surface area contributed by atoms with Gasteiger partial charge in [0.1, 0.15) is 11.6 Å². The Morgan fingerprint density at radius 1 is 1.08 bits per heavy atom. The van der Waals surface area contributed by atoms with E-state index in [0.29, 0.717) is 12.6 Å². The zero-order valence-corrected chi connectivity index (χ0v) is 13.7. The fraction of sp³-hybridized carbons (Fsp3) is 0.421. The Morgan fingerprint density at radius 2 is 1.83 bits per heavy atom. The standard InChI is InChI=1S/C19H22N2O2.H2O/c22-18-13-21-12-4-7-17(19(21)20-18)14-8-10-16(11-9-14)23-15-5-2-1-3-6-15;/h4,7-12,15,18,22H,1-3,5-6,13H2;1H2. The fourth-order valence-corrected chi connectivity index (χ4v) is 3.51. The average molecular weight is 328 g/mol. The first-order valence-electron chi connectivity index (χ1n) is 8.48. The molecular weight excluding hydrogens is 304 g/mol. The van der Waals surface area contributed by atoms with Crippen LogP contribution in [-0.2, 0) is 0 Å². The molecule has 1 aromatic rings. The van der Waals surface area contributed by atoms with E-state index < -0.39 is 6.23 Å². The van der Waals surface area contributed by atoms with Gasteiger partial charge in [-0.3, -0.25) is 0 Å². The second-order valence-electron chi connectivity index (χ2n) is 6.41. The highest BCUT2D eigenvalue weighted by atomic mass is 16.5. The zero-order chi connectivity index (χ0) is 15.6. The monoisotopic (exact) mass is 328 g/mol. The smallest absolute Gasteiger partial charge is 0.165 e. The molecule has 1 aliphatic carbocycles. The van der Waals surface area contributed by atoms with Gasteiger partial charge in [0.15, 0.2) is 6.23 Å². The minimum absolute atomic E-state index is 0. The molecule has 3 N–H and O–H groups in total. The van der Waals surface area contributed by atoms with Crippen LogP contribution in [0.15, 0.2) is 47.6 Å². The second-order valence-corrected chi connectivity index (χ2v) is 6.41. The van der Waals surface area contributed by atoms with E-state index in [-0.39, 0.29) is 5.48 Å². The van der Waals surface area contributed by atoms with Crippen molar-refractivity contribution >= 4 is 11.4 Å². The summed E-state index contributed by atoms with van der Waals surface area (Å²) < 4.78 is 6.09. The van der Waals surface area contributed by atoms with Crippen molar-refractivity contribution in [2.45, 2.75) is 44.4 Å². The zero-order valence-electron chi connectivity index (χ0n) is 13.7. The molecule has 0 aromatic heterocycles. The summed E-state index contributed by atoms with van der Waals surface area (Å²) in [6, 6.07) is 8.24. The van der Waals surface area contributed by atoms with E-state index in [0.717, 1.165) is 22.7 Å². The van der Waals surface area contributed by atoms with Crippen molar-refractivity contribution in [1.29, 1.82) is 0 Å². The lowest BCUT2D eigenvalue weighted by Gasteiger charge is -2.23. The van der Waals surface area contributed by atoms with Gasteiger partial charge in [0.25, 0.3) is 0 Å². The van der Waals surface area contributed by atoms with Crippen molar-refractivity contribution in [2.24, 2.45) is 4.99 Å². The summed E-state index contributed by atoms with van der Waals surface area (Å²) in [7, 11) is 0. The maximum Gasteiger partial charge on any atom is 0.165 e. The average Bonchev–Trinajstić information content (AvgIpc) is 2.97. The number of amidine groups is 1. The number of benzene rings is 1. The highest BCUT2D eigenvalue weighted by molar-refractivity contribution is 6.24. The molecule has 128 valence electrons. The van der Waals surface area contributed by atoms with Crippen LogP contribution in [0.3, 0.4) is 0 Å². The van der Waals surface area contributed by atoms with Gasteiger partial charge in [0, 0.05) is 11.8 Å². The summed E-state index contributed by atoms with van der Waals surface area (Å²) in [5, 5.41) is 9.74. The molecule has 0 bridgehead atoms. The van der Waals surface area contributed by atoms with E-state index in [9.17, 15) is 5.11 Å². The second kappa shape index (κ2) is 7.20. The SMILES string of the molecule is O.OC1CN2C=CC=C(c3ccc(OC4CCCCC4)cc3)C2=N1. The third-order valence-electron chi connectivity index (χ3n) is 4.69. The Hall–Kier alpha value is -2.11. The van der Waals surface area contributed by atoms with Crippen molar-refractivity contribution in [3.8, 4) is 5.75 Å². The van der Waals surface area contributed by atoms with Crippen molar-refractivity contribution in [2.75, 3.05) is 6.54 Å². The van der Waals surface area contributed by atoms with E-state index in [1.54, 1.807) is 0 Å². The number of rotatable bonds is 3. The Bertz CT molecular complexity index is 658. The van der Waals surface area contributed by atoms with Crippen molar-refractivity contribution in [3.05, 3.63) is 48.2 Å². The molecule has 1 atom stereocenters. The number of aliphatic hydroxyl groups is 1. The first-order valence-corrected chi connectivity index (χ1v) is 8.48. The maximum atomic E-state index is 9.74. The maximum absolute atomic E-state index is 9.74. The number of aliphatic hydroxyl groups excluding tert-OH is 1. The van der Waals surface area contributed by atoms with Gasteiger partial charge in [-0.1, -0.05) is 18.6 Å². The van der Waals surface area contributed by atoms with Gasteiger partial charge in [-0.05, 0) is 55.5 Å². The normalized spacial score (nSPS) is 23.2. The third-order valence-corrected chi connectivity index (χ3v) is 4.69. The lowest BCUT2D eigenvalue weighted by atomic mass is 9.97. The Kier molecular flexibility index (Phi) is 5.02. The first-order chi connectivity index (χ1) is 11.3. The third kappa shape index (κ3) is 3.37. The van der Waals surface area contributed by atoms with E-state index in [4.69, 9.17) is 4.74 Å². The van der Waals surface area contributed by atoms with Crippen molar-refractivity contribution in [3.63, 3.8) is 0 Å². The van der Waals surface area contributed by atoms with Crippen LogP contribution in [0, 0.1) is 0 Å². The largest absolute Gasteiger partial charge is 0.490 e. The summed E-state index contributed by atoms with van der Waals surface area (Å²) in [5.74, 6) is 1.79. The molecule has 1 fully saturated rings. The summed E-state index contributed by atoms with van der Waals surface area (Å²) in [6.07, 6.45) is 12.0. The topological polar surface area (TPSA) is 76.6 Å². The Labute approximate surface area is 142 Å². The molecule has 1 unspecified atom stereocenters. The van der Waals surface area contributed by atoms with E-state index in [2.05, 4.69) is 17.1 Å². The van der Waals surface area contributed by atoms with Gasteiger partial charge >= 0.3 is 0 Å². The predicted octanol–water partition coefficient (Wildman–Crippen LogP) is 2.52. The van der Waals surface area contributed by atoms with Crippen molar-refractivity contribution < 1.29 is 15.3 Å². The lowest BCUT2D eigenvalue weighted by Crippen LogP contribution is -2.26. The van der Waals surface area contributed by atoms with Gasteiger partial charge in [0.05, 0.1) is 12.6 Å². The molecule has 24 heavy (non-hydrogen) atoms. The fourth-order valence-electron chi connectivity index (χ4n) is 3.51. The first kappa shape index (κ1) is 16.7. The number of fused-ring (bicyclic) bond motifs is 1. The molecule has 2 aliphatic heterocycles. The Morgan fingerprint density at radius 3 is 2.58 bits per heavy atom. The number of hydrogen-bond donors (Lipinski definition) is 1. The molecular formula is C19H24N2O3. The van der Waals surface area contributed by atoms with E-state index in [1.807, 2.05) is 35.4 Å². The van der Waals surface area contributed by atoms with Gasteiger partial charge in [-0.15, -0.1) is 0 Å². The van der Waals surface area contributed by atoms with Crippen LogP contribution in [0.2, 0.25) is 0 Å². The van der Waals surface area contributed by atoms with Gasteiger partial charge in [0.2, 0.25) is 0 Å². The molecule has 0 saturated heterocycles. The summed E-state index contributed by atoms with van der Waals surface area (Å²) in [4.78, 5) is 6.32. The van der Waals surface area contributed by atoms with Crippen LogP contribution < -0.4 is 4.74 Å². The van der Waals surface area contributed by atoms with Gasteiger partial charge < -0.3 is 20.2 Å². The lowest BCUT2D eigenvalue weighted by molar-refractivity contribution is 0.155. The molecule has 0 amide bonds. The highest BCUT2D eigenvalue weighted by Gasteiger charge is 2.26. The van der Waals surface area contributed by atoms with Crippen LogP contribution in [0.1, 0.15) is 37.7 Å². The van der Waals surface area contributed by atoms with E-state index in [1.165, 1.54) is 32.1 Å². The molecule has 1 aromatic carbocycles. The molecule has 5 nitrogen and oxygen atoms in total. The van der Waals surface area contributed by atoms with E-state index >= 15 is 0 Å². The van der Waals surface area contributed by atoms with Crippen LogP contribution in [0.25, 0.3) is 5.57 Å². The van der Waals surface area contributed by atoms with Gasteiger partial charge in [-0.25, -0.2) is 4.99 Å². The van der Waals surface area contributed by atoms with Crippen LogP contribution >= 0.6 is 0 Å². The molecule has 2 heterocycles. The number of allylic oxidation sites excluding steroid dienone is 2. The number of ether oxygens (including phenoxy) is 1. The molecule has 3 aliphatic rings. The highest BCUT2D eigenvalue weighted by Crippen LogP contribution is 2.28. The number of hydrogen-bond acceptors (Lipinski definition) is 4. The molecule has 4 rings (SSSR count). The summed E-state index contributed by atoms with van der Waals surface area (Å²) in [6.45, 7) is 0.534. The van der Waals surface area contributed by atoms with Crippen LogP contribution in [0.5, 0.6) is 5.75 Å². The van der Waals surface area contributed by atoms with Crippen LogP contribution in [-0.4, -0.2) is 40.2 Å². The number of aliphatic imine (C=N–C) groups is 1.